The molecule has 0 atom stereocenters. The van der Waals surface area contributed by atoms with E-state index in [2.05, 4.69) is 26.3 Å². The summed E-state index contributed by atoms with van der Waals surface area (Å²) in [4.78, 5) is 46.7. The summed E-state index contributed by atoms with van der Waals surface area (Å²) in [6.45, 7) is 19.9. The number of hydrogen-bond donors (Lipinski definition) is 0. The standard InChI is InChI=1S/C34H32O12/c1-21(2)31(35)43-13-9-39-26-17-25-18-29(41-11-15-45-33(37)23(5)6)30(42-12-16-46-34(38)24(7)8)20-27(25)28(19-26)40-10-14-44-32(36)22(3)4/h9-20H,1,3,5,7H2,2,4,6,8H3/b13-9-,14-10-,15-11-,16-12-. The average molecular weight is 633 g/mol. The quantitative estimate of drug-likeness (QED) is 0.0839. The van der Waals surface area contributed by atoms with Crippen molar-refractivity contribution in [3.8, 4) is 23.0 Å². The Balaban J connectivity index is 2.54. The van der Waals surface area contributed by atoms with Gasteiger partial charge in [0.1, 0.15) is 61.6 Å². The van der Waals surface area contributed by atoms with Crippen molar-refractivity contribution in [1.29, 1.82) is 0 Å². The van der Waals surface area contributed by atoms with Crippen LogP contribution in [0.1, 0.15) is 27.7 Å². The molecule has 0 aliphatic heterocycles. The van der Waals surface area contributed by atoms with Gasteiger partial charge in [0.2, 0.25) is 0 Å². The van der Waals surface area contributed by atoms with E-state index in [9.17, 15) is 19.2 Å². The fourth-order valence-electron chi connectivity index (χ4n) is 2.83. The van der Waals surface area contributed by atoms with Crippen LogP contribution in [0, 0.1) is 0 Å². The number of carbonyl (C=O) groups is 4. The first kappa shape index (κ1) is 35.9. The third kappa shape index (κ3) is 11.8. The molecule has 240 valence electrons. The smallest absolute Gasteiger partial charge is 0.338 e. The van der Waals surface area contributed by atoms with Crippen LogP contribution in [0.3, 0.4) is 0 Å². The zero-order valence-corrected chi connectivity index (χ0v) is 25.7. The van der Waals surface area contributed by atoms with Crippen molar-refractivity contribution in [2.45, 2.75) is 27.7 Å². The Bertz CT molecular complexity index is 1670. The minimum atomic E-state index is -0.664. The number of hydrogen-bond acceptors (Lipinski definition) is 12. The van der Waals surface area contributed by atoms with Gasteiger partial charge in [-0.3, -0.25) is 0 Å². The van der Waals surface area contributed by atoms with Crippen molar-refractivity contribution < 1.29 is 57.1 Å². The molecule has 0 aliphatic carbocycles. The number of fused-ring (bicyclic) bond motifs is 1. The molecule has 0 radical (unpaired) electrons. The Morgan fingerprint density at radius 1 is 0.457 bits per heavy atom. The molecule has 0 saturated heterocycles. The highest BCUT2D eigenvalue weighted by molar-refractivity contribution is 5.93. The highest BCUT2D eigenvalue weighted by Crippen LogP contribution is 2.39. The van der Waals surface area contributed by atoms with Crippen LogP contribution in [-0.4, -0.2) is 23.9 Å². The molecule has 12 heteroatoms. The predicted octanol–water partition coefficient (Wildman–Crippen LogP) is 6.72. The van der Waals surface area contributed by atoms with E-state index in [0.29, 0.717) is 10.8 Å². The van der Waals surface area contributed by atoms with E-state index in [1.165, 1.54) is 39.8 Å². The first-order chi connectivity index (χ1) is 21.8. The maximum Gasteiger partial charge on any atom is 0.338 e. The fourth-order valence-corrected chi connectivity index (χ4v) is 2.83. The molecule has 0 aliphatic rings. The number of rotatable bonds is 16. The van der Waals surface area contributed by atoms with Crippen molar-refractivity contribution in [2.75, 3.05) is 0 Å². The van der Waals surface area contributed by atoms with Crippen LogP contribution in [0.4, 0.5) is 0 Å². The van der Waals surface area contributed by atoms with Crippen LogP contribution in [0.15, 0.2) is 123 Å². The van der Waals surface area contributed by atoms with Crippen molar-refractivity contribution in [3.05, 3.63) is 123 Å². The second-order valence-electron chi connectivity index (χ2n) is 9.24. The minimum Gasteiger partial charge on any atom is -0.462 e. The fraction of sp³-hybridized carbons (Fsp3) is 0.118. The highest BCUT2D eigenvalue weighted by Gasteiger charge is 2.14. The Hall–Kier alpha value is -6.30. The number of esters is 4. The Labute approximate surface area is 265 Å². The predicted molar refractivity (Wildman–Crippen MR) is 167 cm³/mol. The Morgan fingerprint density at radius 3 is 1.20 bits per heavy atom. The summed E-state index contributed by atoms with van der Waals surface area (Å²) in [6.07, 6.45) is 8.51. The average Bonchev–Trinajstić information content (AvgIpc) is 3.00. The van der Waals surface area contributed by atoms with Crippen LogP contribution in [0.2, 0.25) is 0 Å². The lowest BCUT2D eigenvalue weighted by Gasteiger charge is -2.13. The van der Waals surface area contributed by atoms with Crippen molar-refractivity contribution >= 4 is 34.6 Å². The van der Waals surface area contributed by atoms with Gasteiger partial charge < -0.3 is 37.9 Å². The number of ether oxygens (including phenoxy) is 8. The molecule has 0 spiro atoms. The van der Waals surface area contributed by atoms with Crippen LogP contribution >= 0.6 is 0 Å². The normalized spacial score (nSPS) is 11.0. The molecule has 12 nitrogen and oxygen atoms in total. The first-order valence-corrected chi connectivity index (χ1v) is 13.1. The van der Waals surface area contributed by atoms with E-state index in [0.717, 1.165) is 50.1 Å². The van der Waals surface area contributed by atoms with Crippen LogP contribution < -0.4 is 18.9 Å². The minimum absolute atomic E-state index is 0.105. The summed E-state index contributed by atoms with van der Waals surface area (Å²) in [5.41, 5.74) is 0.743. The molecule has 0 aromatic heterocycles. The van der Waals surface area contributed by atoms with Gasteiger partial charge in [0.05, 0.1) is 0 Å². The molecule has 2 aromatic carbocycles. The lowest BCUT2D eigenvalue weighted by molar-refractivity contribution is -0.134. The van der Waals surface area contributed by atoms with Gasteiger partial charge in [-0.05, 0) is 51.3 Å². The van der Waals surface area contributed by atoms with Gasteiger partial charge in [-0.25, -0.2) is 19.2 Å². The molecule has 0 amide bonds. The zero-order chi connectivity index (χ0) is 34.2. The van der Waals surface area contributed by atoms with Gasteiger partial charge in [0.25, 0.3) is 0 Å². The molecule has 2 rings (SSSR count). The van der Waals surface area contributed by atoms with Crippen molar-refractivity contribution in [2.24, 2.45) is 0 Å². The summed E-state index contributed by atoms with van der Waals surface area (Å²) in [6, 6.07) is 6.16. The van der Waals surface area contributed by atoms with E-state index in [1.54, 1.807) is 12.1 Å². The lowest BCUT2D eigenvalue weighted by atomic mass is 10.1. The summed E-state index contributed by atoms with van der Waals surface area (Å²) < 4.78 is 42.3. The molecule has 0 unspecified atom stereocenters. The zero-order valence-electron chi connectivity index (χ0n) is 25.7. The van der Waals surface area contributed by atoms with E-state index < -0.39 is 23.9 Å². The molecule has 0 fully saturated rings. The highest BCUT2D eigenvalue weighted by atomic mass is 16.6. The monoisotopic (exact) mass is 632 g/mol. The van der Waals surface area contributed by atoms with E-state index in [1.807, 2.05) is 0 Å². The molecule has 2 aromatic rings. The first-order valence-electron chi connectivity index (χ1n) is 13.1. The van der Waals surface area contributed by atoms with Crippen LogP contribution in [-0.2, 0) is 38.1 Å². The number of benzene rings is 2. The van der Waals surface area contributed by atoms with Gasteiger partial charge in [-0.15, -0.1) is 0 Å². The molecular formula is C34H32O12. The van der Waals surface area contributed by atoms with Gasteiger partial charge >= 0.3 is 23.9 Å². The van der Waals surface area contributed by atoms with E-state index in [4.69, 9.17) is 37.9 Å². The lowest BCUT2D eigenvalue weighted by Crippen LogP contribution is -2.00. The van der Waals surface area contributed by atoms with Crippen molar-refractivity contribution in [1.82, 2.24) is 0 Å². The maximum atomic E-state index is 11.7. The topological polar surface area (TPSA) is 142 Å². The van der Waals surface area contributed by atoms with Crippen LogP contribution in [0.25, 0.3) is 10.8 Å². The Morgan fingerprint density at radius 2 is 0.804 bits per heavy atom. The molecule has 46 heavy (non-hydrogen) atoms. The summed E-state index contributed by atoms with van der Waals surface area (Å²) in [7, 11) is 0. The second-order valence-corrected chi connectivity index (χ2v) is 9.24. The second kappa shape index (κ2) is 17.7. The maximum absolute atomic E-state index is 11.7. The Kier molecular flexibility index (Phi) is 13.8. The molecule has 0 saturated carbocycles. The van der Waals surface area contributed by atoms with Crippen LogP contribution in [0.5, 0.6) is 23.0 Å². The van der Waals surface area contributed by atoms with Crippen molar-refractivity contribution in [3.63, 3.8) is 0 Å². The third-order valence-electron chi connectivity index (χ3n) is 5.06. The van der Waals surface area contributed by atoms with Gasteiger partial charge in [0, 0.05) is 33.7 Å². The van der Waals surface area contributed by atoms with E-state index >= 15 is 0 Å². The van der Waals surface area contributed by atoms with Gasteiger partial charge in [-0.2, -0.15) is 0 Å². The van der Waals surface area contributed by atoms with Gasteiger partial charge in [-0.1, -0.05) is 26.3 Å². The van der Waals surface area contributed by atoms with Gasteiger partial charge in [0.15, 0.2) is 11.5 Å². The SMILES string of the molecule is C=C(C)C(=O)O/C=C\Oc1cc(O/C=C\OC(=O)C(=C)C)c2cc(O/C=C\OC(=O)C(=C)C)c(O/C=C\OC(=O)C(=C)C)cc2c1. The molecular weight excluding hydrogens is 600 g/mol. The molecule has 0 N–H and O–H groups in total. The largest absolute Gasteiger partial charge is 0.462 e. The summed E-state index contributed by atoms with van der Waals surface area (Å²) in [5.74, 6) is -1.98. The van der Waals surface area contributed by atoms with E-state index in [-0.39, 0.29) is 45.3 Å². The summed E-state index contributed by atoms with van der Waals surface area (Å²) >= 11 is 0. The third-order valence-corrected chi connectivity index (χ3v) is 5.06. The molecule has 0 heterocycles. The summed E-state index contributed by atoms with van der Waals surface area (Å²) in [5, 5.41) is 0.938. The number of carbonyl (C=O) groups excluding carboxylic acids is 4. The molecule has 0 bridgehead atoms.